The van der Waals surface area contributed by atoms with E-state index in [0.717, 1.165) is 16.1 Å². The van der Waals surface area contributed by atoms with Crippen LogP contribution >= 0.6 is 15.9 Å². The van der Waals surface area contributed by atoms with Gasteiger partial charge in [0.2, 0.25) is 0 Å². The molecule has 0 bridgehead atoms. The Bertz CT molecular complexity index is 597. The Labute approximate surface area is 116 Å². The molecule has 100 valence electrons. The van der Waals surface area contributed by atoms with E-state index in [2.05, 4.69) is 26.2 Å². The lowest BCUT2D eigenvalue weighted by Gasteiger charge is -2.15. The number of rotatable bonds is 2. The fourth-order valence-electron chi connectivity index (χ4n) is 1.64. The van der Waals surface area contributed by atoms with Crippen molar-refractivity contribution in [3.05, 3.63) is 52.1 Å². The fraction of sp³-hybridized carbons (Fsp3) is 0.154. The molecule has 0 unspecified atom stereocenters. The standard InChI is InChI=1S/C13H10BrF3N2/c1-8-6-9(14)7-18-12(8)19-11-5-3-2-4-10(11)13(15,16)17/h2-7H,1H3,(H,18,19). The molecule has 0 saturated heterocycles. The summed E-state index contributed by atoms with van der Waals surface area (Å²) in [5, 5.41) is 2.72. The van der Waals surface area contributed by atoms with E-state index < -0.39 is 11.7 Å². The predicted molar refractivity (Wildman–Crippen MR) is 71.4 cm³/mol. The zero-order chi connectivity index (χ0) is 14.0. The van der Waals surface area contributed by atoms with Crippen molar-refractivity contribution in [1.82, 2.24) is 4.98 Å². The maximum atomic E-state index is 12.8. The van der Waals surface area contributed by atoms with E-state index in [4.69, 9.17) is 0 Å². The second kappa shape index (κ2) is 5.21. The van der Waals surface area contributed by atoms with Gasteiger partial charge in [-0.15, -0.1) is 0 Å². The summed E-state index contributed by atoms with van der Waals surface area (Å²) in [5.74, 6) is 0.403. The van der Waals surface area contributed by atoms with Gasteiger partial charge in [-0.3, -0.25) is 0 Å². The molecule has 0 aliphatic rings. The van der Waals surface area contributed by atoms with E-state index in [1.807, 2.05) is 0 Å². The summed E-state index contributed by atoms with van der Waals surface area (Å²) in [5.41, 5.74) is 0.0402. The molecule has 0 saturated carbocycles. The van der Waals surface area contributed by atoms with E-state index in [0.29, 0.717) is 5.82 Å². The summed E-state index contributed by atoms with van der Waals surface area (Å²) in [6, 6.07) is 7.11. The second-order valence-corrected chi connectivity index (χ2v) is 4.90. The number of aromatic nitrogens is 1. The number of halogens is 4. The van der Waals surface area contributed by atoms with Gasteiger partial charge in [-0.25, -0.2) is 4.98 Å². The highest BCUT2D eigenvalue weighted by Gasteiger charge is 2.33. The van der Waals surface area contributed by atoms with Crippen molar-refractivity contribution >= 4 is 27.4 Å². The highest BCUT2D eigenvalue weighted by molar-refractivity contribution is 9.10. The van der Waals surface area contributed by atoms with Gasteiger partial charge in [0.05, 0.1) is 11.3 Å². The van der Waals surface area contributed by atoms with Crippen molar-refractivity contribution < 1.29 is 13.2 Å². The molecule has 0 spiro atoms. The molecule has 0 aliphatic heterocycles. The molecular formula is C13H10BrF3N2. The van der Waals surface area contributed by atoms with Crippen LogP contribution in [0.3, 0.4) is 0 Å². The molecule has 1 N–H and O–H groups in total. The topological polar surface area (TPSA) is 24.9 Å². The summed E-state index contributed by atoms with van der Waals surface area (Å²) in [7, 11) is 0. The predicted octanol–water partition coefficient (Wildman–Crippen LogP) is 4.91. The molecule has 1 aromatic carbocycles. The number of benzene rings is 1. The van der Waals surface area contributed by atoms with Crippen LogP contribution in [0.1, 0.15) is 11.1 Å². The number of para-hydroxylation sites is 1. The molecule has 0 fully saturated rings. The minimum absolute atomic E-state index is 0.00655. The molecule has 2 aromatic rings. The number of hydrogen-bond donors (Lipinski definition) is 1. The fourth-order valence-corrected chi connectivity index (χ4v) is 2.08. The van der Waals surface area contributed by atoms with Gasteiger partial charge in [-0.1, -0.05) is 12.1 Å². The van der Waals surface area contributed by atoms with Crippen LogP contribution in [0.15, 0.2) is 41.0 Å². The molecule has 0 atom stereocenters. The van der Waals surface area contributed by atoms with Crippen molar-refractivity contribution in [2.75, 3.05) is 5.32 Å². The van der Waals surface area contributed by atoms with E-state index in [9.17, 15) is 13.2 Å². The van der Waals surface area contributed by atoms with Crippen LogP contribution < -0.4 is 5.32 Å². The Morgan fingerprint density at radius 2 is 1.89 bits per heavy atom. The SMILES string of the molecule is Cc1cc(Br)cnc1Nc1ccccc1C(F)(F)F. The monoisotopic (exact) mass is 330 g/mol. The van der Waals surface area contributed by atoms with Crippen molar-refractivity contribution in [2.45, 2.75) is 13.1 Å². The summed E-state index contributed by atoms with van der Waals surface area (Å²) in [6.45, 7) is 1.77. The van der Waals surface area contributed by atoms with Crippen molar-refractivity contribution in [3.8, 4) is 0 Å². The summed E-state index contributed by atoms with van der Waals surface area (Å²) in [4.78, 5) is 4.07. The third kappa shape index (κ3) is 3.26. The molecular weight excluding hydrogens is 321 g/mol. The average Bonchev–Trinajstić information content (AvgIpc) is 2.32. The van der Waals surface area contributed by atoms with Crippen molar-refractivity contribution in [1.29, 1.82) is 0 Å². The highest BCUT2D eigenvalue weighted by Crippen LogP contribution is 2.36. The minimum atomic E-state index is -4.40. The Balaban J connectivity index is 2.39. The second-order valence-electron chi connectivity index (χ2n) is 3.99. The third-order valence-corrected chi connectivity index (χ3v) is 2.96. The zero-order valence-electron chi connectivity index (χ0n) is 9.92. The first-order valence-corrected chi connectivity index (χ1v) is 6.22. The van der Waals surface area contributed by atoms with Crippen molar-refractivity contribution in [3.63, 3.8) is 0 Å². The van der Waals surface area contributed by atoms with E-state index >= 15 is 0 Å². The summed E-state index contributed by atoms with van der Waals surface area (Å²) >= 11 is 3.26. The zero-order valence-corrected chi connectivity index (χ0v) is 11.5. The maximum absolute atomic E-state index is 12.8. The molecule has 0 aliphatic carbocycles. The first-order chi connectivity index (χ1) is 8.88. The summed E-state index contributed by atoms with van der Waals surface area (Å²) < 4.78 is 39.3. The number of alkyl halides is 3. The van der Waals surface area contributed by atoms with Crippen LogP contribution in [0.25, 0.3) is 0 Å². The van der Waals surface area contributed by atoms with E-state index in [1.165, 1.54) is 18.3 Å². The molecule has 2 nitrogen and oxygen atoms in total. The van der Waals surface area contributed by atoms with Gasteiger partial charge < -0.3 is 5.32 Å². The van der Waals surface area contributed by atoms with Gasteiger partial charge in [-0.2, -0.15) is 13.2 Å². The van der Waals surface area contributed by atoms with Crippen LogP contribution in [0, 0.1) is 6.92 Å². The Kier molecular flexibility index (Phi) is 3.80. The van der Waals surface area contributed by atoms with Crippen LogP contribution in [0.5, 0.6) is 0 Å². The Morgan fingerprint density at radius 3 is 2.53 bits per heavy atom. The van der Waals surface area contributed by atoms with Crippen molar-refractivity contribution in [2.24, 2.45) is 0 Å². The van der Waals surface area contributed by atoms with E-state index in [-0.39, 0.29) is 5.69 Å². The number of anilines is 2. The molecule has 1 aromatic heterocycles. The number of hydrogen-bond acceptors (Lipinski definition) is 2. The van der Waals surface area contributed by atoms with Crippen LogP contribution in [0.4, 0.5) is 24.7 Å². The number of pyridine rings is 1. The number of nitrogens with one attached hydrogen (secondary N) is 1. The lowest BCUT2D eigenvalue weighted by Crippen LogP contribution is -2.09. The normalized spacial score (nSPS) is 11.4. The van der Waals surface area contributed by atoms with Gasteiger partial charge in [0.15, 0.2) is 0 Å². The summed E-state index contributed by atoms with van der Waals surface area (Å²) in [6.07, 6.45) is -2.86. The lowest BCUT2D eigenvalue weighted by atomic mass is 10.1. The molecule has 2 rings (SSSR count). The Morgan fingerprint density at radius 1 is 1.21 bits per heavy atom. The quantitative estimate of drug-likeness (QED) is 0.845. The smallest absolute Gasteiger partial charge is 0.340 e. The third-order valence-electron chi connectivity index (χ3n) is 2.53. The van der Waals surface area contributed by atoms with E-state index in [1.54, 1.807) is 19.1 Å². The largest absolute Gasteiger partial charge is 0.418 e. The van der Waals surface area contributed by atoms with Gasteiger partial charge >= 0.3 is 6.18 Å². The van der Waals surface area contributed by atoms with Crippen LogP contribution in [-0.4, -0.2) is 4.98 Å². The number of nitrogens with zero attached hydrogens (tertiary/aromatic N) is 1. The molecule has 19 heavy (non-hydrogen) atoms. The molecule has 0 radical (unpaired) electrons. The average molecular weight is 331 g/mol. The molecule has 1 heterocycles. The minimum Gasteiger partial charge on any atom is -0.340 e. The molecule has 0 amide bonds. The lowest BCUT2D eigenvalue weighted by molar-refractivity contribution is -0.136. The van der Waals surface area contributed by atoms with Crippen LogP contribution in [0.2, 0.25) is 0 Å². The Hall–Kier alpha value is -1.56. The highest BCUT2D eigenvalue weighted by atomic mass is 79.9. The first-order valence-electron chi connectivity index (χ1n) is 5.43. The van der Waals surface area contributed by atoms with Gasteiger partial charge in [0, 0.05) is 10.7 Å². The first kappa shape index (κ1) is 13.9. The van der Waals surface area contributed by atoms with Gasteiger partial charge in [-0.05, 0) is 46.6 Å². The molecule has 6 heteroatoms. The van der Waals surface area contributed by atoms with Crippen LogP contribution in [-0.2, 0) is 6.18 Å². The van der Waals surface area contributed by atoms with Gasteiger partial charge in [0.1, 0.15) is 5.82 Å². The maximum Gasteiger partial charge on any atom is 0.418 e. The van der Waals surface area contributed by atoms with Gasteiger partial charge in [0.25, 0.3) is 0 Å². The number of aryl methyl sites for hydroxylation is 1.